The number of anilines is 1. The average Bonchev–Trinajstić information content (AvgIpc) is 3.27. The van der Waals surface area contributed by atoms with Crippen LogP contribution in [-0.2, 0) is 10.0 Å². The predicted octanol–water partition coefficient (Wildman–Crippen LogP) is 3.67. The smallest absolute Gasteiger partial charge is 0.286 e. The first-order valence-corrected chi connectivity index (χ1v) is 12.0. The Balaban J connectivity index is 1.48. The van der Waals surface area contributed by atoms with Crippen molar-refractivity contribution in [2.75, 3.05) is 18.4 Å². The molecule has 0 bridgehead atoms. The number of carbonyl (C=O) groups excluding carboxylic acids is 1. The summed E-state index contributed by atoms with van der Waals surface area (Å²) >= 11 is 1.23. The second kappa shape index (κ2) is 8.63. The van der Waals surface area contributed by atoms with Crippen molar-refractivity contribution in [1.29, 1.82) is 0 Å². The number of hydrogen-bond acceptors (Lipinski definition) is 6. The van der Waals surface area contributed by atoms with E-state index in [1.165, 1.54) is 15.6 Å². The van der Waals surface area contributed by atoms with Gasteiger partial charge in [0.2, 0.25) is 15.0 Å². The molecule has 156 valence electrons. The summed E-state index contributed by atoms with van der Waals surface area (Å²) in [5, 5.41) is 12.1. The Kier molecular flexibility index (Phi) is 5.94. The van der Waals surface area contributed by atoms with Crippen LogP contribution in [0.3, 0.4) is 0 Å². The quantitative estimate of drug-likeness (QED) is 0.651. The molecular formula is C21H22N4O3S2. The van der Waals surface area contributed by atoms with Crippen LogP contribution in [0.5, 0.6) is 0 Å². The number of nitrogens with one attached hydrogen (secondary N) is 1. The fourth-order valence-electron chi connectivity index (χ4n) is 3.48. The molecule has 1 fully saturated rings. The van der Waals surface area contributed by atoms with Crippen LogP contribution in [0.25, 0.3) is 0 Å². The van der Waals surface area contributed by atoms with Gasteiger partial charge in [-0.15, -0.1) is 10.2 Å². The van der Waals surface area contributed by atoms with Gasteiger partial charge in [0.25, 0.3) is 5.91 Å². The number of aromatic nitrogens is 2. The first kappa shape index (κ1) is 20.6. The molecular weight excluding hydrogens is 420 g/mol. The van der Waals surface area contributed by atoms with Crippen LogP contribution in [-0.4, -0.2) is 41.9 Å². The zero-order valence-corrected chi connectivity index (χ0v) is 18.1. The number of hydrogen-bond donors (Lipinski definition) is 1. The van der Waals surface area contributed by atoms with Gasteiger partial charge in [-0.05, 0) is 43.5 Å². The molecule has 1 aromatic heterocycles. The van der Waals surface area contributed by atoms with Gasteiger partial charge >= 0.3 is 0 Å². The maximum absolute atomic E-state index is 12.9. The van der Waals surface area contributed by atoms with E-state index >= 15 is 0 Å². The van der Waals surface area contributed by atoms with Crippen molar-refractivity contribution in [1.82, 2.24) is 14.5 Å². The lowest BCUT2D eigenvalue weighted by atomic mass is 10.0. The van der Waals surface area contributed by atoms with Gasteiger partial charge in [0.15, 0.2) is 0 Å². The normalized spacial score (nSPS) is 17.6. The largest absolute Gasteiger partial charge is 0.320 e. The number of nitrogens with zero attached hydrogens (tertiary/aromatic N) is 3. The minimum absolute atomic E-state index is 0.0743. The van der Waals surface area contributed by atoms with Crippen LogP contribution >= 0.6 is 11.3 Å². The number of piperidine rings is 1. The molecule has 1 amide bonds. The number of benzene rings is 2. The summed E-state index contributed by atoms with van der Waals surface area (Å²) in [4.78, 5) is 12.9. The highest BCUT2D eigenvalue weighted by atomic mass is 32.2. The maximum atomic E-state index is 12.9. The van der Waals surface area contributed by atoms with Crippen molar-refractivity contribution in [3.63, 3.8) is 0 Å². The minimum atomic E-state index is -3.55. The standard InChI is InChI=1S/C21H22N4O3S2/c1-15-8-5-6-12-18(15)22-19(26)21-24-23-20(29-21)16-9-7-13-25(14-16)30(27,28)17-10-3-2-4-11-17/h2-6,8,10-12,16H,7,9,13-14H2,1H3,(H,22,26). The lowest BCUT2D eigenvalue weighted by Crippen LogP contribution is -2.39. The van der Waals surface area contributed by atoms with Gasteiger partial charge in [-0.1, -0.05) is 47.7 Å². The van der Waals surface area contributed by atoms with Crippen LogP contribution in [0, 0.1) is 6.92 Å². The summed E-state index contributed by atoms with van der Waals surface area (Å²) in [6, 6.07) is 16.0. The van der Waals surface area contributed by atoms with E-state index in [4.69, 9.17) is 0 Å². The Bertz CT molecular complexity index is 1150. The van der Waals surface area contributed by atoms with Gasteiger partial charge in [-0.2, -0.15) is 4.31 Å². The number of sulfonamides is 1. The number of rotatable bonds is 5. The zero-order valence-electron chi connectivity index (χ0n) is 16.5. The molecule has 1 N–H and O–H groups in total. The zero-order chi connectivity index (χ0) is 21.1. The van der Waals surface area contributed by atoms with E-state index in [1.54, 1.807) is 30.3 Å². The molecule has 0 radical (unpaired) electrons. The molecule has 0 aliphatic carbocycles. The highest BCUT2D eigenvalue weighted by Crippen LogP contribution is 2.32. The molecule has 1 atom stereocenters. The molecule has 4 rings (SSSR count). The molecule has 7 nitrogen and oxygen atoms in total. The monoisotopic (exact) mass is 442 g/mol. The molecule has 9 heteroatoms. The fourth-order valence-corrected chi connectivity index (χ4v) is 5.89. The Labute approximate surface area is 179 Å². The molecule has 0 spiro atoms. The van der Waals surface area contributed by atoms with Crippen molar-refractivity contribution < 1.29 is 13.2 Å². The lowest BCUT2D eigenvalue weighted by molar-refractivity contribution is 0.102. The van der Waals surface area contributed by atoms with E-state index in [0.29, 0.717) is 23.0 Å². The lowest BCUT2D eigenvalue weighted by Gasteiger charge is -2.30. The molecule has 2 heterocycles. The number of carbonyl (C=O) groups is 1. The fraction of sp³-hybridized carbons (Fsp3) is 0.286. The number of aryl methyl sites for hydroxylation is 1. The van der Waals surface area contributed by atoms with Gasteiger partial charge in [0, 0.05) is 24.7 Å². The molecule has 0 saturated carbocycles. The molecule has 1 saturated heterocycles. The van der Waals surface area contributed by atoms with Crippen LogP contribution in [0.4, 0.5) is 5.69 Å². The molecule has 1 unspecified atom stereocenters. The van der Waals surface area contributed by atoms with E-state index in [0.717, 1.165) is 24.1 Å². The third kappa shape index (κ3) is 4.28. The minimum Gasteiger partial charge on any atom is -0.320 e. The van der Waals surface area contributed by atoms with Crippen LogP contribution < -0.4 is 5.32 Å². The van der Waals surface area contributed by atoms with Gasteiger partial charge in [0.1, 0.15) is 5.01 Å². The highest BCUT2D eigenvalue weighted by molar-refractivity contribution is 7.89. The van der Waals surface area contributed by atoms with Crippen LogP contribution in [0.2, 0.25) is 0 Å². The first-order chi connectivity index (χ1) is 14.4. The van der Waals surface area contributed by atoms with Crippen molar-refractivity contribution in [3.05, 3.63) is 70.2 Å². The second-order valence-electron chi connectivity index (χ2n) is 7.23. The summed E-state index contributed by atoms with van der Waals surface area (Å²) in [5.74, 6) is -0.382. The topological polar surface area (TPSA) is 92.3 Å². The Morgan fingerprint density at radius 2 is 1.83 bits per heavy atom. The summed E-state index contributed by atoms with van der Waals surface area (Å²) in [6.45, 7) is 2.74. The first-order valence-electron chi connectivity index (χ1n) is 9.71. The van der Waals surface area contributed by atoms with Crippen LogP contribution in [0.1, 0.15) is 39.1 Å². The van der Waals surface area contributed by atoms with Gasteiger partial charge in [0.05, 0.1) is 4.90 Å². The molecule has 30 heavy (non-hydrogen) atoms. The van der Waals surface area contributed by atoms with Crippen molar-refractivity contribution in [2.45, 2.75) is 30.6 Å². The van der Waals surface area contributed by atoms with E-state index in [1.807, 2.05) is 31.2 Å². The third-order valence-electron chi connectivity index (χ3n) is 5.14. The predicted molar refractivity (Wildman–Crippen MR) is 116 cm³/mol. The highest BCUT2D eigenvalue weighted by Gasteiger charge is 2.32. The molecule has 1 aliphatic heterocycles. The third-order valence-corrected chi connectivity index (χ3v) is 8.11. The summed E-state index contributed by atoms with van der Waals surface area (Å²) in [6.07, 6.45) is 1.55. The number of amides is 1. The van der Waals surface area contributed by atoms with Gasteiger partial charge < -0.3 is 5.32 Å². The number of para-hydroxylation sites is 1. The van der Waals surface area contributed by atoms with Crippen molar-refractivity contribution in [2.24, 2.45) is 0 Å². The summed E-state index contributed by atoms with van der Waals surface area (Å²) in [5.41, 5.74) is 1.70. The van der Waals surface area contributed by atoms with Crippen LogP contribution in [0.15, 0.2) is 59.5 Å². The summed E-state index contributed by atoms with van der Waals surface area (Å²) in [7, 11) is -3.55. The van der Waals surface area contributed by atoms with Crippen molar-refractivity contribution >= 4 is 33.0 Å². The maximum Gasteiger partial charge on any atom is 0.286 e. The van der Waals surface area contributed by atoms with E-state index in [9.17, 15) is 13.2 Å². The second-order valence-corrected chi connectivity index (χ2v) is 10.2. The SMILES string of the molecule is Cc1ccccc1NC(=O)c1nnc(C2CCCN(S(=O)(=O)c3ccccc3)C2)s1. The van der Waals surface area contributed by atoms with E-state index in [2.05, 4.69) is 15.5 Å². The van der Waals surface area contributed by atoms with Crippen molar-refractivity contribution in [3.8, 4) is 0 Å². The molecule has 2 aromatic carbocycles. The summed E-state index contributed by atoms with van der Waals surface area (Å²) < 4.78 is 27.4. The molecule has 3 aromatic rings. The molecule has 1 aliphatic rings. The van der Waals surface area contributed by atoms with E-state index < -0.39 is 10.0 Å². The Morgan fingerprint density at radius 1 is 1.10 bits per heavy atom. The van der Waals surface area contributed by atoms with Gasteiger partial charge in [-0.25, -0.2) is 8.42 Å². The Hall–Kier alpha value is -2.62. The van der Waals surface area contributed by atoms with Gasteiger partial charge in [-0.3, -0.25) is 4.79 Å². The van der Waals surface area contributed by atoms with E-state index in [-0.39, 0.29) is 16.8 Å². The average molecular weight is 443 g/mol. The Morgan fingerprint density at radius 3 is 2.60 bits per heavy atom.